The van der Waals surface area contributed by atoms with Gasteiger partial charge in [-0.3, -0.25) is 0 Å². The van der Waals surface area contributed by atoms with Crippen molar-refractivity contribution in [2.45, 2.75) is 32.9 Å². The summed E-state index contributed by atoms with van der Waals surface area (Å²) >= 11 is 1.52. The normalized spacial score (nSPS) is 14.0. The molecule has 0 saturated heterocycles. The Kier molecular flexibility index (Phi) is 5.37. The number of fused-ring (bicyclic) bond motifs is 1. The van der Waals surface area contributed by atoms with Crippen molar-refractivity contribution in [2.24, 2.45) is 0 Å². The Morgan fingerprint density at radius 3 is 2.72 bits per heavy atom. The molecule has 8 heteroatoms. The molecular weight excluding hydrogens is 340 g/mol. The van der Waals surface area contributed by atoms with E-state index >= 15 is 0 Å². The summed E-state index contributed by atoms with van der Waals surface area (Å²) in [6, 6.07) is 5.52. The van der Waals surface area contributed by atoms with E-state index in [1.165, 1.54) is 11.3 Å². The minimum atomic E-state index is -0.157. The van der Waals surface area contributed by atoms with Crippen molar-refractivity contribution >= 4 is 17.4 Å². The van der Waals surface area contributed by atoms with Gasteiger partial charge in [-0.15, -0.1) is 10.2 Å². The Bertz CT molecular complexity index is 749. The van der Waals surface area contributed by atoms with Crippen LogP contribution in [0.5, 0.6) is 11.5 Å². The van der Waals surface area contributed by atoms with E-state index in [1.54, 1.807) is 11.9 Å². The van der Waals surface area contributed by atoms with Crippen molar-refractivity contribution in [3.8, 4) is 11.5 Å². The summed E-state index contributed by atoms with van der Waals surface area (Å²) in [5.74, 6) is 1.47. The number of hydrogen-bond donors (Lipinski definition) is 1. The summed E-state index contributed by atoms with van der Waals surface area (Å²) in [6.45, 7) is 5.50. The Morgan fingerprint density at radius 2 is 2.00 bits per heavy atom. The molecule has 0 fully saturated rings. The van der Waals surface area contributed by atoms with E-state index in [0.29, 0.717) is 19.8 Å². The van der Waals surface area contributed by atoms with Gasteiger partial charge in [0.25, 0.3) is 0 Å². The molecule has 25 heavy (non-hydrogen) atoms. The van der Waals surface area contributed by atoms with Crippen molar-refractivity contribution in [1.29, 1.82) is 0 Å². The predicted molar refractivity (Wildman–Crippen MR) is 95.1 cm³/mol. The number of carbonyl (C=O) groups excluding carboxylic acids is 1. The summed E-state index contributed by atoms with van der Waals surface area (Å²) in [4.78, 5) is 14.1. The molecule has 1 aromatic carbocycles. The second-order valence-electron chi connectivity index (χ2n) is 5.79. The van der Waals surface area contributed by atoms with Gasteiger partial charge in [0.15, 0.2) is 11.5 Å². The molecular formula is C17H22N4O3S. The fourth-order valence-corrected chi connectivity index (χ4v) is 3.22. The van der Waals surface area contributed by atoms with Gasteiger partial charge in [-0.05, 0) is 31.0 Å². The van der Waals surface area contributed by atoms with Crippen LogP contribution < -0.4 is 14.8 Å². The summed E-state index contributed by atoms with van der Waals surface area (Å²) in [5, 5.41) is 12.8. The van der Waals surface area contributed by atoms with Gasteiger partial charge in [-0.1, -0.05) is 24.3 Å². The largest absolute Gasteiger partial charge is 0.486 e. The minimum absolute atomic E-state index is 0.101. The highest BCUT2D eigenvalue weighted by molar-refractivity contribution is 7.11. The number of aromatic nitrogens is 2. The lowest BCUT2D eigenvalue weighted by molar-refractivity contribution is 0.170. The number of amides is 2. The number of hydrogen-bond acceptors (Lipinski definition) is 6. The van der Waals surface area contributed by atoms with Crippen LogP contribution in [0.15, 0.2) is 18.2 Å². The van der Waals surface area contributed by atoms with Gasteiger partial charge < -0.3 is 19.7 Å². The third kappa shape index (κ3) is 4.01. The van der Waals surface area contributed by atoms with Gasteiger partial charge in [-0.2, -0.15) is 0 Å². The highest BCUT2D eigenvalue weighted by Crippen LogP contribution is 2.33. The first-order valence-electron chi connectivity index (χ1n) is 8.30. The fraction of sp³-hybridized carbons (Fsp3) is 0.471. The summed E-state index contributed by atoms with van der Waals surface area (Å²) in [6.07, 6.45) is 0.854. The molecule has 2 heterocycles. The summed E-state index contributed by atoms with van der Waals surface area (Å²) in [5.41, 5.74) is 0.992. The van der Waals surface area contributed by atoms with Crippen LogP contribution in [0, 0.1) is 0 Å². The molecule has 0 saturated carbocycles. The first-order valence-corrected chi connectivity index (χ1v) is 9.11. The van der Waals surface area contributed by atoms with Crippen molar-refractivity contribution in [1.82, 2.24) is 20.4 Å². The third-order valence-electron chi connectivity index (χ3n) is 4.15. The maximum atomic E-state index is 12.4. The Balaban J connectivity index is 1.61. The molecule has 2 amide bonds. The van der Waals surface area contributed by atoms with Crippen molar-refractivity contribution in [3.05, 3.63) is 33.8 Å². The van der Waals surface area contributed by atoms with E-state index in [9.17, 15) is 4.79 Å². The Hall–Kier alpha value is -2.35. The zero-order valence-electron chi connectivity index (χ0n) is 14.6. The van der Waals surface area contributed by atoms with E-state index in [-0.39, 0.29) is 12.1 Å². The molecule has 0 unspecified atom stereocenters. The zero-order chi connectivity index (χ0) is 17.8. The van der Waals surface area contributed by atoms with E-state index in [1.807, 2.05) is 32.0 Å². The molecule has 0 radical (unpaired) electrons. The van der Waals surface area contributed by atoms with Gasteiger partial charge in [0.05, 0.1) is 12.6 Å². The van der Waals surface area contributed by atoms with Crippen LogP contribution >= 0.6 is 11.3 Å². The van der Waals surface area contributed by atoms with Gasteiger partial charge >= 0.3 is 6.03 Å². The van der Waals surface area contributed by atoms with Crippen LogP contribution in [0.2, 0.25) is 0 Å². The Labute approximate surface area is 151 Å². The first kappa shape index (κ1) is 17.5. The predicted octanol–water partition coefficient (Wildman–Crippen LogP) is 2.77. The molecule has 1 aliphatic rings. The van der Waals surface area contributed by atoms with Crippen LogP contribution in [-0.4, -0.2) is 41.4 Å². The number of nitrogens with zero attached hydrogens (tertiary/aromatic N) is 3. The zero-order valence-corrected chi connectivity index (χ0v) is 15.4. The maximum absolute atomic E-state index is 12.4. The molecule has 0 aliphatic carbocycles. The lowest BCUT2D eigenvalue weighted by Gasteiger charge is -2.27. The molecule has 0 spiro atoms. The number of aryl methyl sites for hydroxylation is 1. The van der Waals surface area contributed by atoms with Crippen molar-refractivity contribution in [2.75, 3.05) is 20.3 Å². The molecule has 1 atom stereocenters. The average Bonchev–Trinajstić information content (AvgIpc) is 3.12. The van der Waals surface area contributed by atoms with Crippen LogP contribution in [0.1, 0.15) is 35.5 Å². The van der Waals surface area contributed by atoms with E-state index in [4.69, 9.17) is 9.47 Å². The van der Waals surface area contributed by atoms with Crippen LogP contribution in [0.25, 0.3) is 0 Å². The number of urea groups is 1. The molecule has 1 aromatic heterocycles. The average molecular weight is 362 g/mol. The molecule has 134 valence electrons. The first-order chi connectivity index (χ1) is 12.1. The standard InChI is InChI=1S/C17H22N4O3S/c1-4-15-19-20-16(25-15)10-18-17(22)21(3)11(2)12-5-6-13-14(9-12)24-8-7-23-13/h5-6,9,11H,4,7-8,10H2,1-3H3,(H,18,22)/t11-/m1/s1. The molecule has 2 aromatic rings. The van der Waals surface area contributed by atoms with Crippen molar-refractivity contribution in [3.63, 3.8) is 0 Å². The molecule has 0 bridgehead atoms. The fourth-order valence-electron chi connectivity index (χ4n) is 2.50. The third-order valence-corrected chi connectivity index (χ3v) is 5.22. The summed E-state index contributed by atoms with van der Waals surface area (Å²) < 4.78 is 11.2. The topological polar surface area (TPSA) is 76.6 Å². The minimum Gasteiger partial charge on any atom is -0.486 e. The lowest BCUT2D eigenvalue weighted by Crippen LogP contribution is -2.38. The molecule has 1 aliphatic heterocycles. The highest BCUT2D eigenvalue weighted by Gasteiger charge is 2.20. The lowest BCUT2D eigenvalue weighted by atomic mass is 10.1. The van der Waals surface area contributed by atoms with E-state index < -0.39 is 0 Å². The summed E-state index contributed by atoms with van der Waals surface area (Å²) in [7, 11) is 1.77. The number of benzene rings is 1. The number of carbonyl (C=O) groups is 1. The molecule has 1 N–H and O–H groups in total. The van der Waals surface area contributed by atoms with Gasteiger partial charge in [0.2, 0.25) is 0 Å². The van der Waals surface area contributed by atoms with Gasteiger partial charge in [0.1, 0.15) is 23.2 Å². The van der Waals surface area contributed by atoms with E-state index in [2.05, 4.69) is 15.5 Å². The smallest absolute Gasteiger partial charge is 0.317 e. The second-order valence-corrected chi connectivity index (χ2v) is 6.94. The van der Waals surface area contributed by atoms with Crippen LogP contribution in [-0.2, 0) is 13.0 Å². The van der Waals surface area contributed by atoms with Crippen molar-refractivity contribution < 1.29 is 14.3 Å². The maximum Gasteiger partial charge on any atom is 0.317 e. The second kappa shape index (κ2) is 7.69. The molecule has 7 nitrogen and oxygen atoms in total. The highest BCUT2D eigenvalue weighted by atomic mass is 32.1. The quantitative estimate of drug-likeness (QED) is 0.885. The number of rotatable bonds is 5. The monoisotopic (exact) mass is 362 g/mol. The SMILES string of the molecule is CCc1nnc(CNC(=O)N(C)[C@H](C)c2ccc3c(c2)OCCO3)s1. The Morgan fingerprint density at radius 1 is 1.28 bits per heavy atom. The van der Waals surface area contributed by atoms with Gasteiger partial charge in [0, 0.05) is 7.05 Å². The van der Waals surface area contributed by atoms with Crippen LogP contribution in [0.3, 0.4) is 0 Å². The van der Waals surface area contributed by atoms with Crippen LogP contribution in [0.4, 0.5) is 4.79 Å². The van der Waals surface area contributed by atoms with Gasteiger partial charge in [-0.25, -0.2) is 4.79 Å². The molecule has 3 rings (SSSR count). The number of ether oxygens (including phenoxy) is 2. The van der Waals surface area contributed by atoms with E-state index in [0.717, 1.165) is 33.5 Å². The number of nitrogens with one attached hydrogen (secondary N) is 1.